The Morgan fingerprint density at radius 3 is 2.60 bits per heavy atom. The summed E-state index contributed by atoms with van der Waals surface area (Å²) < 4.78 is 5.68. The topological polar surface area (TPSA) is 26.3 Å². The van der Waals surface area contributed by atoms with Crippen LogP contribution < -0.4 is 0 Å². The molecule has 1 aliphatic heterocycles. The maximum atomic E-state index is 11.4. The minimum absolute atomic E-state index is 0.00581. The number of esters is 1. The third-order valence-electron chi connectivity index (χ3n) is 3.87. The van der Waals surface area contributed by atoms with Gasteiger partial charge in [-0.2, -0.15) is 0 Å². The van der Waals surface area contributed by atoms with Gasteiger partial charge in [-0.3, -0.25) is 4.79 Å². The third kappa shape index (κ3) is 2.38. The Kier molecular flexibility index (Phi) is 3.70. The molecule has 2 rings (SSSR count). The predicted molar refractivity (Wildman–Crippen MR) is 63.0 cm³/mol. The summed E-state index contributed by atoms with van der Waals surface area (Å²) in [5.41, 5.74) is -0.171. The molecule has 1 saturated heterocycles. The van der Waals surface area contributed by atoms with E-state index in [1.807, 2.05) is 0 Å². The highest BCUT2D eigenvalue weighted by Gasteiger charge is 2.43. The van der Waals surface area contributed by atoms with Crippen molar-refractivity contribution in [1.29, 1.82) is 0 Å². The van der Waals surface area contributed by atoms with Crippen molar-refractivity contribution in [1.82, 2.24) is 0 Å². The van der Waals surface area contributed by atoms with Crippen LogP contribution in [0.3, 0.4) is 0 Å². The van der Waals surface area contributed by atoms with Crippen molar-refractivity contribution in [2.75, 3.05) is 5.33 Å². The van der Waals surface area contributed by atoms with E-state index < -0.39 is 0 Å². The van der Waals surface area contributed by atoms with Gasteiger partial charge in [0.1, 0.15) is 5.60 Å². The lowest BCUT2D eigenvalue weighted by Crippen LogP contribution is -2.47. The maximum absolute atomic E-state index is 11.4. The lowest BCUT2D eigenvalue weighted by molar-refractivity contribution is -0.172. The summed E-state index contributed by atoms with van der Waals surface area (Å²) in [7, 11) is 0. The molecule has 0 aromatic rings. The number of hydrogen-bond acceptors (Lipinski definition) is 2. The number of cyclic esters (lactones) is 1. The summed E-state index contributed by atoms with van der Waals surface area (Å²) in [6.45, 7) is 0. The van der Waals surface area contributed by atoms with Gasteiger partial charge in [0.2, 0.25) is 0 Å². The second-order valence-corrected chi connectivity index (χ2v) is 5.42. The highest BCUT2D eigenvalue weighted by Crippen LogP contribution is 2.41. The van der Waals surface area contributed by atoms with E-state index in [-0.39, 0.29) is 11.6 Å². The smallest absolute Gasteiger partial charge is 0.306 e. The molecular weight excluding hydrogens is 256 g/mol. The molecular formula is C12H19BrO2. The predicted octanol–water partition coefficient (Wildman–Crippen LogP) is 3.43. The summed E-state index contributed by atoms with van der Waals surface area (Å²) in [5, 5.41) is 0.816. The molecule has 15 heavy (non-hydrogen) atoms. The largest absolute Gasteiger partial charge is 0.458 e. The van der Waals surface area contributed by atoms with Crippen molar-refractivity contribution in [2.24, 2.45) is 5.92 Å². The summed E-state index contributed by atoms with van der Waals surface area (Å²) in [6, 6.07) is 0. The molecule has 0 aromatic carbocycles. The molecule has 0 spiro atoms. The van der Waals surface area contributed by atoms with Crippen LogP contribution in [0.15, 0.2) is 0 Å². The van der Waals surface area contributed by atoms with Crippen LogP contribution in [0.1, 0.15) is 51.4 Å². The number of carbonyl (C=O) groups is 1. The van der Waals surface area contributed by atoms with Gasteiger partial charge in [0.25, 0.3) is 0 Å². The Labute approximate surface area is 99.9 Å². The van der Waals surface area contributed by atoms with E-state index in [1.54, 1.807) is 0 Å². The number of carbonyl (C=O) groups excluding carboxylic acids is 1. The van der Waals surface area contributed by atoms with E-state index in [0.29, 0.717) is 12.3 Å². The van der Waals surface area contributed by atoms with Crippen LogP contribution in [0.25, 0.3) is 0 Å². The Balaban J connectivity index is 2.08. The van der Waals surface area contributed by atoms with Crippen LogP contribution in [0.5, 0.6) is 0 Å². The Bertz CT molecular complexity index is 236. The van der Waals surface area contributed by atoms with Crippen molar-refractivity contribution in [2.45, 2.75) is 57.0 Å². The standard InChI is InChI=1S/C12H19BrO2/c13-9-12(8-4-7-11(14)15-12)10-5-2-1-3-6-10/h10H,1-9H2/t12-/m1/s1. The molecule has 0 unspecified atom stereocenters. The average molecular weight is 275 g/mol. The minimum atomic E-state index is -0.171. The van der Waals surface area contributed by atoms with Gasteiger partial charge < -0.3 is 4.74 Å². The third-order valence-corrected chi connectivity index (χ3v) is 4.82. The number of ether oxygens (including phenoxy) is 1. The van der Waals surface area contributed by atoms with Gasteiger partial charge in [-0.25, -0.2) is 0 Å². The van der Waals surface area contributed by atoms with Crippen molar-refractivity contribution in [3.63, 3.8) is 0 Å². The first kappa shape index (κ1) is 11.4. The highest BCUT2D eigenvalue weighted by atomic mass is 79.9. The average Bonchev–Trinajstić information content (AvgIpc) is 2.30. The highest BCUT2D eigenvalue weighted by molar-refractivity contribution is 9.09. The summed E-state index contributed by atoms with van der Waals surface area (Å²) in [5.74, 6) is 0.598. The Morgan fingerprint density at radius 1 is 1.27 bits per heavy atom. The molecule has 1 heterocycles. The van der Waals surface area contributed by atoms with Gasteiger partial charge in [-0.15, -0.1) is 0 Å². The van der Waals surface area contributed by atoms with Gasteiger partial charge in [0, 0.05) is 11.8 Å². The van der Waals surface area contributed by atoms with E-state index in [2.05, 4.69) is 15.9 Å². The minimum Gasteiger partial charge on any atom is -0.458 e. The van der Waals surface area contributed by atoms with Crippen molar-refractivity contribution >= 4 is 21.9 Å². The second-order valence-electron chi connectivity index (χ2n) is 4.86. The van der Waals surface area contributed by atoms with Crippen LogP contribution in [0, 0.1) is 5.92 Å². The molecule has 0 N–H and O–H groups in total. The first-order chi connectivity index (χ1) is 7.27. The molecule has 1 atom stereocenters. The molecule has 86 valence electrons. The molecule has 3 heteroatoms. The van der Waals surface area contributed by atoms with Crippen LogP contribution >= 0.6 is 15.9 Å². The first-order valence-electron chi connectivity index (χ1n) is 6.05. The fourth-order valence-electron chi connectivity index (χ4n) is 2.98. The normalized spacial score (nSPS) is 33.8. The molecule has 2 aliphatic rings. The zero-order valence-corrected chi connectivity index (χ0v) is 10.7. The SMILES string of the molecule is O=C1CCC[C@@](CBr)(C2CCCCC2)O1. The summed E-state index contributed by atoms with van der Waals surface area (Å²) in [6.07, 6.45) is 9.09. The summed E-state index contributed by atoms with van der Waals surface area (Å²) in [4.78, 5) is 11.4. The molecule has 1 saturated carbocycles. The molecule has 0 amide bonds. The van der Waals surface area contributed by atoms with Gasteiger partial charge in [0.15, 0.2) is 0 Å². The molecule has 0 radical (unpaired) electrons. The molecule has 0 aromatic heterocycles. The Morgan fingerprint density at radius 2 is 2.00 bits per heavy atom. The number of alkyl halides is 1. The van der Waals surface area contributed by atoms with Crippen molar-refractivity contribution in [3.8, 4) is 0 Å². The maximum Gasteiger partial charge on any atom is 0.306 e. The van der Waals surface area contributed by atoms with Gasteiger partial charge in [-0.05, 0) is 31.6 Å². The van der Waals surface area contributed by atoms with Gasteiger partial charge >= 0.3 is 5.97 Å². The quantitative estimate of drug-likeness (QED) is 0.570. The lowest BCUT2D eigenvalue weighted by atomic mass is 9.74. The first-order valence-corrected chi connectivity index (χ1v) is 7.17. The fraction of sp³-hybridized carbons (Fsp3) is 0.917. The van der Waals surface area contributed by atoms with E-state index in [0.717, 1.165) is 18.2 Å². The monoisotopic (exact) mass is 274 g/mol. The van der Waals surface area contributed by atoms with E-state index in [4.69, 9.17) is 4.74 Å². The molecule has 2 fully saturated rings. The number of hydrogen-bond donors (Lipinski definition) is 0. The summed E-state index contributed by atoms with van der Waals surface area (Å²) >= 11 is 3.55. The van der Waals surface area contributed by atoms with E-state index in [9.17, 15) is 4.79 Å². The fourth-order valence-corrected chi connectivity index (χ4v) is 3.83. The van der Waals surface area contributed by atoms with Crippen LogP contribution in [0.4, 0.5) is 0 Å². The van der Waals surface area contributed by atoms with E-state index >= 15 is 0 Å². The molecule has 0 bridgehead atoms. The van der Waals surface area contributed by atoms with Crippen LogP contribution in [0.2, 0.25) is 0 Å². The molecule has 1 aliphatic carbocycles. The van der Waals surface area contributed by atoms with E-state index in [1.165, 1.54) is 32.1 Å². The van der Waals surface area contributed by atoms with Crippen LogP contribution in [-0.2, 0) is 9.53 Å². The number of halogens is 1. The second kappa shape index (κ2) is 4.86. The Hall–Kier alpha value is -0.0500. The van der Waals surface area contributed by atoms with Gasteiger partial charge in [-0.1, -0.05) is 35.2 Å². The van der Waals surface area contributed by atoms with Crippen molar-refractivity contribution in [3.05, 3.63) is 0 Å². The van der Waals surface area contributed by atoms with Gasteiger partial charge in [0.05, 0.1) is 0 Å². The van der Waals surface area contributed by atoms with Crippen LogP contribution in [-0.4, -0.2) is 16.9 Å². The molecule has 2 nitrogen and oxygen atoms in total. The van der Waals surface area contributed by atoms with Crippen molar-refractivity contribution < 1.29 is 9.53 Å². The zero-order chi connectivity index (χ0) is 10.7. The zero-order valence-electron chi connectivity index (χ0n) is 9.14. The number of rotatable bonds is 2. The lowest BCUT2D eigenvalue weighted by Gasteiger charge is -2.43.